The Balaban J connectivity index is 1.35. The third kappa shape index (κ3) is 4.61. The molecule has 0 bridgehead atoms. The number of aryl methyl sites for hydroxylation is 1. The van der Waals surface area contributed by atoms with Crippen LogP contribution < -0.4 is 10.2 Å². The van der Waals surface area contributed by atoms with Crippen molar-refractivity contribution in [3.8, 4) is 5.69 Å². The van der Waals surface area contributed by atoms with Gasteiger partial charge in [0.25, 0.3) is 5.91 Å². The monoisotopic (exact) mass is 465 g/mol. The molecule has 0 radical (unpaired) electrons. The highest BCUT2D eigenvalue weighted by atomic mass is 35.5. The molecule has 7 nitrogen and oxygen atoms in total. The van der Waals surface area contributed by atoms with E-state index in [1.165, 1.54) is 0 Å². The second-order valence-electron chi connectivity index (χ2n) is 9.08. The van der Waals surface area contributed by atoms with Crippen LogP contribution in [0.5, 0.6) is 0 Å². The molecule has 3 heterocycles. The van der Waals surface area contributed by atoms with Gasteiger partial charge in [-0.05, 0) is 63.4 Å². The fourth-order valence-electron chi connectivity index (χ4n) is 4.41. The summed E-state index contributed by atoms with van der Waals surface area (Å²) in [7, 11) is 0. The zero-order valence-electron chi connectivity index (χ0n) is 19.1. The Morgan fingerprint density at radius 2 is 1.88 bits per heavy atom. The van der Waals surface area contributed by atoms with Gasteiger partial charge in [-0.15, -0.1) is 0 Å². The molecule has 1 amide bonds. The molecular formula is C25H28ClN5O2. The second-order valence-corrected chi connectivity index (χ2v) is 9.49. The maximum atomic E-state index is 13.2. The van der Waals surface area contributed by atoms with Crippen LogP contribution >= 0.6 is 11.6 Å². The Morgan fingerprint density at radius 3 is 2.52 bits per heavy atom. The van der Waals surface area contributed by atoms with E-state index in [4.69, 9.17) is 16.3 Å². The number of carbonyl (C=O) groups excluding carboxylic acids is 1. The zero-order chi connectivity index (χ0) is 23.1. The summed E-state index contributed by atoms with van der Waals surface area (Å²) in [6.07, 6.45) is 5.79. The van der Waals surface area contributed by atoms with Crippen molar-refractivity contribution in [2.45, 2.75) is 51.7 Å². The highest BCUT2D eigenvalue weighted by Gasteiger charge is 2.33. The number of amides is 1. The van der Waals surface area contributed by atoms with Gasteiger partial charge in [0.15, 0.2) is 0 Å². The first kappa shape index (κ1) is 21.9. The van der Waals surface area contributed by atoms with E-state index in [2.05, 4.69) is 34.1 Å². The number of carbonyl (C=O) groups is 1. The number of hydrogen-bond acceptors (Lipinski definition) is 5. The van der Waals surface area contributed by atoms with E-state index in [1.54, 1.807) is 12.4 Å². The summed E-state index contributed by atoms with van der Waals surface area (Å²) in [5, 5.41) is 8.21. The third-order valence-electron chi connectivity index (χ3n) is 6.16. The molecule has 1 saturated heterocycles. The van der Waals surface area contributed by atoms with Crippen LogP contribution in [0.25, 0.3) is 5.69 Å². The van der Waals surface area contributed by atoms with Gasteiger partial charge >= 0.3 is 0 Å². The Kier molecular flexibility index (Phi) is 5.85. The minimum absolute atomic E-state index is 0.163. The van der Waals surface area contributed by atoms with Crippen molar-refractivity contribution in [2.75, 3.05) is 23.3 Å². The van der Waals surface area contributed by atoms with Crippen LogP contribution in [-0.4, -0.2) is 46.0 Å². The number of ether oxygens (including phenoxy) is 1. The first-order valence-electron chi connectivity index (χ1n) is 11.4. The molecule has 2 unspecified atom stereocenters. The molecule has 2 aromatic heterocycles. The lowest BCUT2D eigenvalue weighted by Gasteiger charge is -2.36. The van der Waals surface area contributed by atoms with Gasteiger partial charge in [-0.3, -0.25) is 4.79 Å². The van der Waals surface area contributed by atoms with Gasteiger partial charge in [0.1, 0.15) is 5.82 Å². The van der Waals surface area contributed by atoms with Gasteiger partial charge < -0.3 is 15.0 Å². The van der Waals surface area contributed by atoms with Crippen molar-refractivity contribution in [3.05, 3.63) is 64.6 Å². The van der Waals surface area contributed by atoms with Crippen LogP contribution in [0, 0.1) is 6.92 Å². The van der Waals surface area contributed by atoms with Gasteiger partial charge in [0, 0.05) is 24.0 Å². The number of hydrogen-bond donors (Lipinski definition) is 1. The maximum Gasteiger partial charge on any atom is 0.259 e. The summed E-state index contributed by atoms with van der Waals surface area (Å²) in [5.41, 5.74) is 4.07. The highest BCUT2D eigenvalue weighted by molar-refractivity contribution is 6.31. The van der Waals surface area contributed by atoms with E-state index in [-0.39, 0.29) is 18.1 Å². The number of pyridine rings is 1. The summed E-state index contributed by atoms with van der Waals surface area (Å²) in [6.45, 7) is 7.71. The molecule has 172 valence electrons. The van der Waals surface area contributed by atoms with Crippen molar-refractivity contribution >= 4 is 29.0 Å². The van der Waals surface area contributed by atoms with Gasteiger partial charge in [0.2, 0.25) is 0 Å². The first-order chi connectivity index (χ1) is 15.9. The van der Waals surface area contributed by atoms with Gasteiger partial charge in [0.05, 0.1) is 47.2 Å². The molecule has 2 aliphatic rings. The molecule has 1 saturated carbocycles. The molecule has 2 fully saturated rings. The lowest BCUT2D eigenvalue weighted by atomic mass is 10.1. The summed E-state index contributed by atoms with van der Waals surface area (Å²) in [6, 6.07) is 9.69. The Labute approximate surface area is 198 Å². The molecule has 1 N–H and O–H groups in total. The number of rotatable bonds is 5. The second kappa shape index (κ2) is 8.80. The van der Waals surface area contributed by atoms with E-state index in [9.17, 15) is 4.79 Å². The van der Waals surface area contributed by atoms with E-state index in [0.29, 0.717) is 22.2 Å². The number of benzene rings is 1. The van der Waals surface area contributed by atoms with Crippen LogP contribution in [0.3, 0.4) is 0 Å². The topological polar surface area (TPSA) is 72.3 Å². The van der Waals surface area contributed by atoms with Crippen LogP contribution in [0.4, 0.5) is 11.5 Å². The predicted molar refractivity (Wildman–Crippen MR) is 130 cm³/mol. The van der Waals surface area contributed by atoms with E-state index in [1.807, 2.05) is 41.9 Å². The summed E-state index contributed by atoms with van der Waals surface area (Å²) < 4.78 is 7.65. The summed E-state index contributed by atoms with van der Waals surface area (Å²) in [5.74, 6) is 1.04. The predicted octanol–water partition coefficient (Wildman–Crippen LogP) is 4.97. The smallest absolute Gasteiger partial charge is 0.259 e. The molecule has 8 heteroatoms. The van der Waals surface area contributed by atoms with Crippen molar-refractivity contribution in [3.63, 3.8) is 0 Å². The van der Waals surface area contributed by atoms with Crippen LogP contribution in [0.1, 0.15) is 54.2 Å². The van der Waals surface area contributed by atoms with Crippen molar-refractivity contribution in [1.29, 1.82) is 0 Å². The lowest BCUT2D eigenvalue weighted by molar-refractivity contribution is -0.00545. The largest absolute Gasteiger partial charge is 0.372 e. The Bertz CT molecular complexity index is 1160. The fraction of sp³-hybridized carbons (Fsp3) is 0.400. The molecular weight excluding hydrogens is 438 g/mol. The first-order valence-corrected chi connectivity index (χ1v) is 11.8. The van der Waals surface area contributed by atoms with Crippen molar-refractivity contribution in [2.24, 2.45) is 0 Å². The summed E-state index contributed by atoms with van der Waals surface area (Å²) in [4.78, 5) is 20.0. The number of nitrogens with one attached hydrogen (secondary N) is 1. The van der Waals surface area contributed by atoms with E-state index in [0.717, 1.165) is 48.7 Å². The molecule has 2 atom stereocenters. The molecule has 3 aromatic rings. The van der Waals surface area contributed by atoms with E-state index >= 15 is 0 Å². The molecule has 1 aliphatic heterocycles. The molecule has 33 heavy (non-hydrogen) atoms. The zero-order valence-corrected chi connectivity index (χ0v) is 19.8. The molecule has 0 spiro atoms. The number of aromatic nitrogens is 3. The number of morpholine rings is 1. The fourth-order valence-corrected chi connectivity index (χ4v) is 4.59. The normalized spacial score (nSPS) is 20.7. The lowest BCUT2D eigenvalue weighted by Crippen LogP contribution is -2.45. The van der Waals surface area contributed by atoms with Gasteiger partial charge in [-0.25, -0.2) is 9.67 Å². The Morgan fingerprint density at radius 1 is 1.12 bits per heavy atom. The van der Waals surface area contributed by atoms with Crippen molar-refractivity contribution in [1.82, 2.24) is 14.8 Å². The van der Waals surface area contributed by atoms with Crippen LogP contribution in [0.15, 0.2) is 42.7 Å². The number of anilines is 2. The Hall–Kier alpha value is -2.90. The quantitative estimate of drug-likeness (QED) is 0.575. The SMILES string of the molecule is Cc1ccc(-n2ncc(C(=O)Nc3ccc(N4CC(C)OC(C)C4)nc3)c2C2CC2)cc1Cl. The van der Waals surface area contributed by atoms with Crippen molar-refractivity contribution < 1.29 is 9.53 Å². The van der Waals surface area contributed by atoms with E-state index < -0.39 is 0 Å². The van der Waals surface area contributed by atoms with Crippen LogP contribution in [0.2, 0.25) is 5.02 Å². The van der Waals surface area contributed by atoms with Crippen LogP contribution in [-0.2, 0) is 4.74 Å². The molecule has 5 rings (SSSR count). The average Bonchev–Trinajstić information content (AvgIpc) is 3.53. The average molecular weight is 466 g/mol. The van der Waals surface area contributed by atoms with Gasteiger partial charge in [-0.1, -0.05) is 17.7 Å². The minimum Gasteiger partial charge on any atom is -0.372 e. The standard InChI is InChI=1S/C25H28ClN5O2/c1-15-4-8-20(10-22(15)26)31-24(18-5-6-18)21(12-28-31)25(32)29-19-7-9-23(27-11-19)30-13-16(2)33-17(3)14-30/h4,7-12,16-18H,5-6,13-14H2,1-3H3,(H,29,32). The molecule has 1 aliphatic carbocycles. The number of halogens is 1. The van der Waals surface area contributed by atoms with Gasteiger partial charge in [-0.2, -0.15) is 5.10 Å². The number of nitrogens with zero attached hydrogens (tertiary/aromatic N) is 4. The highest BCUT2D eigenvalue weighted by Crippen LogP contribution is 2.42. The third-order valence-corrected chi connectivity index (χ3v) is 6.57. The maximum absolute atomic E-state index is 13.2. The summed E-state index contributed by atoms with van der Waals surface area (Å²) >= 11 is 6.33. The molecule has 1 aromatic carbocycles. The minimum atomic E-state index is -0.176.